The van der Waals surface area contributed by atoms with E-state index >= 15 is 0 Å². The van der Waals surface area contributed by atoms with Gasteiger partial charge in [-0.2, -0.15) is 0 Å². The number of hydrogen-bond acceptors (Lipinski definition) is 5. The zero-order chi connectivity index (χ0) is 27.6. The van der Waals surface area contributed by atoms with Crippen molar-refractivity contribution in [3.05, 3.63) is 77.1 Å². The lowest BCUT2D eigenvalue weighted by molar-refractivity contribution is -0.129. The lowest BCUT2D eigenvalue weighted by Gasteiger charge is -2.34. The smallest absolute Gasteiger partial charge is 0.264 e. The molecule has 2 N–H and O–H groups in total. The van der Waals surface area contributed by atoms with Crippen LogP contribution in [0.4, 0.5) is 0 Å². The quantitative estimate of drug-likeness (QED) is 0.541. The van der Waals surface area contributed by atoms with Gasteiger partial charge < -0.3 is 10.6 Å². The van der Waals surface area contributed by atoms with Gasteiger partial charge in [0.1, 0.15) is 6.04 Å². The standard InChI is InChI=1S/C30H38N4O4S/c1-21-9-12-25(13-10-21)39(37,38)34-18-15-31-30(36)28(34)20-29(35)32-27-8-6-7-24-19-23(11-14-26(24)27)22(2)33-16-4-3-5-17-33/h9-15,18-19,22,27-28H,3-8,16-17,20H2,1-2H3,(H,31,36)(H,32,35)/t22?,27-,28?/m1/s1. The summed E-state index contributed by atoms with van der Waals surface area (Å²) in [7, 11) is -4.01. The van der Waals surface area contributed by atoms with Gasteiger partial charge in [0, 0.05) is 18.4 Å². The van der Waals surface area contributed by atoms with Gasteiger partial charge in [-0.3, -0.25) is 18.8 Å². The summed E-state index contributed by atoms with van der Waals surface area (Å²) in [6.45, 7) is 6.42. The van der Waals surface area contributed by atoms with Crippen LogP contribution < -0.4 is 10.6 Å². The maximum absolute atomic E-state index is 13.4. The molecular weight excluding hydrogens is 512 g/mol. The summed E-state index contributed by atoms with van der Waals surface area (Å²) < 4.78 is 27.7. The number of carbonyl (C=O) groups is 2. The Bertz CT molecular complexity index is 1350. The molecule has 2 heterocycles. The average Bonchev–Trinajstić information content (AvgIpc) is 2.94. The second kappa shape index (κ2) is 11.5. The highest BCUT2D eigenvalue weighted by Crippen LogP contribution is 2.34. The van der Waals surface area contributed by atoms with Crippen molar-refractivity contribution in [1.29, 1.82) is 0 Å². The number of nitrogens with one attached hydrogen (secondary N) is 2. The third-order valence-electron chi connectivity index (χ3n) is 8.27. The Morgan fingerprint density at radius 2 is 1.82 bits per heavy atom. The van der Waals surface area contributed by atoms with Gasteiger partial charge in [-0.25, -0.2) is 8.42 Å². The van der Waals surface area contributed by atoms with Crippen molar-refractivity contribution < 1.29 is 18.0 Å². The second-order valence-electron chi connectivity index (χ2n) is 10.9. The SMILES string of the molecule is Cc1ccc(S(=O)(=O)N2C=CNC(=O)C2CC(=O)N[C@@H]2CCCc3cc(C(C)N4CCCCC4)ccc32)cc1. The number of sulfonamides is 1. The monoisotopic (exact) mass is 550 g/mol. The Morgan fingerprint density at radius 3 is 2.56 bits per heavy atom. The van der Waals surface area contributed by atoms with Crippen LogP contribution in [0, 0.1) is 6.92 Å². The van der Waals surface area contributed by atoms with Crippen molar-refractivity contribution in [2.24, 2.45) is 0 Å². The number of hydrogen-bond donors (Lipinski definition) is 2. The summed E-state index contributed by atoms with van der Waals surface area (Å²) in [6, 6.07) is 12.1. The van der Waals surface area contributed by atoms with Crippen LogP contribution in [0.5, 0.6) is 0 Å². The van der Waals surface area contributed by atoms with Crippen molar-refractivity contribution in [3.63, 3.8) is 0 Å². The van der Waals surface area contributed by atoms with Crippen LogP contribution in [0.2, 0.25) is 0 Å². The predicted molar refractivity (Wildman–Crippen MR) is 150 cm³/mol. The number of rotatable bonds is 7. The first kappa shape index (κ1) is 27.4. The summed E-state index contributed by atoms with van der Waals surface area (Å²) in [5.74, 6) is -0.873. The molecule has 39 heavy (non-hydrogen) atoms. The van der Waals surface area contributed by atoms with Crippen molar-refractivity contribution >= 4 is 21.8 Å². The van der Waals surface area contributed by atoms with Crippen LogP contribution >= 0.6 is 0 Å². The Balaban J connectivity index is 1.29. The van der Waals surface area contributed by atoms with Crippen molar-refractivity contribution in [3.8, 4) is 0 Å². The molecule has 0 aromatic heterocycles. The highest BCUT2D eigenvalue weighted by atomic mass is 32.2. The lowest BCUT2D eigenvalue weighted by Crippen LogP contribution is -2.51. The van der Waals surface area contributed by atoms with Crippen molar-refractivity contribution in [2.45, 2.75) is 81.8 Å². The van der Waals surface area contributed by atoms with Crippen molar-refractivity contribution in [1.82, 2.24) is 19.8 Å². The zero-order valence-electron chi connectivity index (χ0n) is 22.7. The van der Waals surface area contributed by atoms with E-state index in [4.69, 9.17) is 0 Å². The number of benzene rings is 2. The molecule has 0 bridgehead atoms. The highest BCUT2D eigenvalue weighted by molar-refractivity contribution is 7.89. The fourth-order valence-corrected chi connectivity index (χ4v) is 7.41. The number of aryl methyl sites for hydroxylation is 2. The number of carbonyl (C=O) groups excluding carboxylic acids is 2. The number of piperidine rings is 1. The van der Waals surface area contributed by atoms with Crippen LogP contribution in [-0.2, 0) is 26.0 Å². The second-order valence-corrected chi connectivity index (χ2v) is 12.8. The van der Waals surface area contributed by atoms with Gasteiger partial charge >= 0.3 is 0 Å². The Kier molecular flexibility index (Phi) is 8.09. The van der Waals surface area contributed by atoms with E-state index in [1.807, 2.05) is 6.92 Å². The first-order chi connectivity index (χ1) is 18.7. The van der Waals surface area contributed by atoms with Crippen LogP contribution in [0.15, 0.2) is 59.8 Å². The van der Waals surface area contributed by atoms with Gasteiger partial charge in [0.25, 0.3) is 10.0 Å². The maximum Gasteiger partial charge on any atom is 0.264 e. The minimum absolute atomic E-state index is 0.0775. The molecule has 3 aliphatic rings. The number of amides is 2. The van der Waals surface area contributed by atoms with Gasteiger partial charge in [-0.1, -0.05) is 42.3 Å². The predicted octanol–water partition coefficient (Wildman–Crippen LogP) is 4.09. The van der Waals surface area contributed by atoms with E-state index in [-0.39, 0.29) is 23.3 Å². The molecule has 208 valence electrons. The molecular formula is C30H38N4O4S. The van der Waals surface area contributed by atoms with Crippen LogP contribution in [0.25, 0.3) is 0 Å². The van der Waals surface area contributed by atoms with E-state index in [0.717, 1.165) is 47.8 Å². The lowest BCUT2D eigenvalue weighted by atomic mass is 9.85. The minimum Gasteiger partial charge on any atom is -0.349 e. The Morgan fingerprint density at radius 1 is 1.08 bits per heavy atom. The van der Waals surface area contributed by atoms with Gasteiger partial charge in [0.05, 0.1) is 17.4 Å². The third-order valence-corrected chi connectivity index (χ3v) is 10.1. The number of nitrogens with zero attached hydrogens (tertiary/aromatic N) is 2. The minimum atomic E-state index is -4.01. The molecule has 0 saturated carbocycles. The maximum atomic E-state index is 13.4. The summed E-state index contributed by atoms with van der Waals surface area (Å²) in [4.78, 5) is 28.6. The molecule has 1 saturated heterocycles. The fourth-order valence-electron chi connectivity index (χ4n) is 5.96. The van der Waals surface area contributed by atoms with Crippen LogP contribution in [-0.4, -0.2) is 48.6 Å². The molecule has 2 aliphatic heterocycles. The van der Waals surface area contributed by atoms with Gasteiger partial charge in [-0.05, 0) is 87.9 Å². The van der Waals surface area contributed by atoms with E-state index in [2.05, 4.69) is 40.7 Å². The van der Waals surface area contributed by atoms with E-state index in [9.17, 15) is 18.0 Å². The summed E-state index contributed by atoms with van der Waals surface area (Å²) in [5, 5.41) is 5.65. The van der Waals surface area contributed by atoms with E-state index in [1.165, 1.54) is 54.9 Å². The largest absolute Gasteiger partial charge is 0.349 e. The van der Waals surface area contributed by atoms with Crippen LogP contribution in [0.1, 0.15) is 79.8 Å². The molecule has 9 heteroatoms. The molecule has 2 aromatic carbocycles. The summed E-state index contributed by atoms with van der Waals surface area (Å²) >= 11 is 0. The molecule has 2 aromatic rings. The van der Waals surface area contributed by atoms with Gasteiger partial charge in [-0.15, -0.1) is 0 Å². The van der Waals surface area contributed by atoms with Gasteiger partial charge in [0.15, 0.2) is 0 Å². The van der Waals surface area contributed by atoms with E-state index in [0.29, 0.717) is 6.04 Å². The molecule has 2 amide bonds. The number of fused-ring (bicyclic) bond motifs is 1. The molecule has 2 unspecified atom stereocenters. The summed E-state index contributed by atoms with van der Waals surface area (Å²) in [6.07, 6.45) is 8.89. The normalized spacial score (nSPS) is 22.6. The van der Waals surface area contributed by atoms with E-state index in [1.54, 1.807) is 12.1 Å². The molecule has 1 aliphatic carbocycles. The van der Waals surface area contributed by atoms with Gasteiger partial charge in [0.2, 0.25) is 11.8 Å². The molecule has 0 spiro atoms. The third kappa shape index (κ3) is 5.89. The topological polar surface area (TPSA) is 98.8 Å². The zero-order valence-corrected chi connectivity index (χ0v) is 23.5. The molecule has 0 radical (unpaired) electrons. The molecule has 1 fully saturated rings. The fraction of sp³-hybridized carbons (Fsp3) is 0.467. The average molecular weight is 551 g/mol. The highest BCUT2D eigenvalue weighted by Gasteiger charge is 2.37. The molecule has 5 rings (SSSR count). The number of likely N-dealkylation sites (tertiary alicyclic amines) is 1. The first-order valence-corrected chi connectivity index (χ1v) is 15.4. The first-order valence-electron chi connectivity index (χ1n) is 14.0. The summed E-state index contributed by atoms with van der Waals surface area (Å²) in [5.41, 5.74) is 4.61. The Labute approximate surface area is 231 Å². The van der Waals surface area contributed by atoms with Crippen molar-refractivity contribution in [2.75, 3.05) is 13.1 Å². The molecule has 3 atom stereocenters. The molecule has 8 nitrogen and oxygen atoms in total. The van der Waals surface area contributed by atoms with E-state index < -0.39 is 22.0 Å². The van der Waals surface area contributed by atoms with Crippen LogP contribution in [0.3, 0.4) is 0 Å². The Hall–Kier alpha value is -3.17.